The van der Waals surface area contributed by atoms with Crippen molar-refractivity contribution in [1.82, 2.24) is 0 Å². The molecule has 0 aliphatic rings. The average molecular weight is 467 g/mol. The molecule has 0 aromatic rings. The number of hydrogen-bond acceptors (Lipinski definition) is 1. The van der Waals surface area contributed by atoms with Crippen LogP contribution in [-0.2, 0) is 0 Å². The quantitative estimate of drug-likeness (QED) is 0.109. The zero-order valence-corrected chi connectivity index (χ0v) is 23.5. The molecule has 0 saturated carbocycles. The average Bonchev–Trinajstić information content (AvgIpc) is 2.82. The molecule has 33 heavy (non-hydrogen) atoms. The Bertz CT molecular complexity index is 326. The Labute approximate surface area is 211 Å². The molecule has 0 amide bonds. The van der Waals surface area contributed by atoms with E-state index in [1.54, 1.807) is 0 Å². The Hall–Kier alpha value is -0.0400. The van der Waals surface area contributed by atoms with Gasteiger partial charge in [-0.2, -0.15) is 0 Å². The summed E-state index contributed by atoms with van der Waals surface area (Å²) in [5.74, 6) is 0. The highest BCUT2D eigenvalue weighted by molar-refractivity contribution is 4.58. The van der Waals surface area contributed by atoms with Gasteiger partial charge in [0.2, 0.25) is 0 Å². The van der Waals surface area contributed by atoms with Gasteiger partial charge in [-0.15, -0.1) is 0 Å². The van der Waals surface area contributed by atoms with E-state index in [1.807, 2.05) is 0 Å². The lowest BCUT2D eigenvalue weighted by Gasteiger charge is -2.10. The maximum atomic E-state index is 10.2. The summed E-state index contributed by atoms with van der Waals surface area (Å²) in [6, 6.07) is 0. The molecule has 0 aromatic carbocycles. The molecule has 0 fully saturated rings. The second kappa shape index (κ2) is 30.0. The SMILES string of the molecule is CCCCCCCCCCCCCCCCCCC(O)CCCCCCCCCCCCC. The molecule has 1 nitrogen and oxygen atoms in total. The molecule has 0 aromatic heterocycles. The van der Waals surface area contributed by atoms with Crippen LogP contribution >= 0.6 is 0 Å². The summed E-state index contributed by atoms with van der Waals surface area (Å²) in [7, 11) is 0. The van der Waals surface area contributed by atoms with Crippen LogP contribution in [0.4, 0.5) is 0 Å². The van der Waals surface area contributed by atoms with Crippen LogP contribution < -0.4 is 0 Å². The number of unbranched alkanes of at least 4 members (excludes halogenated alkanes) is 25. The highest BCUT2D eigenvalue weighted by atomic mass is 16.3. The molecule has 0 aliphatic heterocycles. The van der Waals surface area contributed by atoms with Crippen molar-refractivity contribution in [1.29, 1.82) is 0 Å². The van der Waals surface area contributed by atoms with Gasteiger partial charge in [0.1, 0.15) is 0 Å². The van der Waals surface area contributed by atoms with Crippen LogP contribution in [0.2, 0.25) is 0 Å². The third-order valence-electron chi connectivity index (χ3n) is 7.53. The van der Waals surface area contributed by atoms with E-state index >= 15 is 0 Å². The molecule has 1 atom stereocenters. The lowest BCUT2D eigenvalue weighted by atomic mass is 10.0. The van der Waals surface area contributed by atoms with E-state index in [0.29, 0.717) is 0 Å². The van der Waals surface area contributed by atoms with Crippen LogP contribution in [0.3, 0.4) is 0 Å². The van der Waals surface area contributed by atoms with Crippen LogP contribution in [0, 0.1) is 0 Å². The first-order valence-corrected chi connectivity index (χ1v) is 16.0. The fourth-order valence-electron chi connectivity index (χ4n) is 5.12. The van der Waals surface area contributed by atoms with Crippen LogP contribution in [0.5, 0.6) is 0 Å². The molecule has 1 N–H and O–H groups in total. The Balaban J connectivity index is 3.12. The summed E-state index contributed by atoms with van der Waals surface area (Å²) < 4.78 is 0. The highest BCUT2D eigenvalue weighted by Crippen LogP contribution is 2.16. The van der Waals surface area contributed by atoms with E-state index in [1.165, 1.54) is 173 Å². The third-order valence-corrected chi connectivity index (χ3v) is 7.53. The monoisotopic (exact) mass is 467 g/mol. The highest BCUT2D eigenvalue weighted by Gasteiger charge is 2.04. The van der Waals surface area contributed by atoms with Crippen molar-refractivity contribution >= 4 is 0 Å². The van der Waals surface area contributed by atoms with Crippen LogP contribution in [0.15, 0.2) is 0 Å². The van der Waals surface area contributed by atoms with Crippen molar-refractivity contribution in [2.45, 2.75) is 206 Å². The number of rotatable bonds is 29. The van der Waals surface area contributed by atoms with E-state index in [9.17, 15) is 5.11 Å². The van der Waals surface area contributed by atoms with E-state index < -0.39 is 0 Å². The second-order valence-electron chi connectivity index (χ2n) is 11.1. The fourth-order valence-corrected chi connectivity index (χ4v) is 5.12. The molecule has 0 bridgehead atoms. The number of hydrogen-bond donors (Lipinski definition) is 1. The maximum Gasteiger partial charge on any atom is 0.0540 e. The molecule has 0 rings (SSSR count). The first kappa shape index (κ1) is 33.0. The van der Waals surface area contributed by atoms with Gasteiger partial charge in [-0.25, -0.2) is 0 Å². The summed E-state index contributed by atoms with van der Waals surface area (Å²) >= 11 is 0. The minimum absolute atomic E-state index is 0.0322. The molecule has 0 saturated heterocycles. The smallest absolute Gasteiger partial charge is 0.0540 e. The standard InChI is InChI=1S/C32H66O/c1-3-5-7-9-11-13-15-16-17-18-19-21-23-25-27-29-31-32(33)30-28-26-24-22-20-14-12-10-8-6-4-2/h32-33H,3-31H2,1-2H3. The van der Waals surface area contributed by atoms with Gasteiger partial charge in [0.05, 0.1) is 6.10 Å². The summed E-state index contributed by atoms with van der Waals surface area (Å²) in [6.45, 7) is 4.59. The predicted molar refractivity (Wildman–Crippen MR) is 151 cm³/mol. The minimum Gasteiger partial charge on any atom is -0.393 e. The van der Waals surface area contributed by atoms with E-state index in [0.717, 1.165) is 12.8 Å². The van der Waals surface area contributed by atoms with Gasteiger partial charge < -0.3 is 5.11 Å². The lowest BCUT2D eigenvalue weighted by Crippen LogP contribution is -2.05. The van der Waals surface area contributed by atoms with Crippen molar-refractivity contribution in [3.63, 3.8) is 0 Å². The molecule has 200 valence electrons. The molecule has 0 aliphatic carbocycles. The molecule has 1 unspecified atom stereocenters. The van der Waals surface area contributed by atoms with Crippen LogP contribution in [-0.4, -0.2) is 11.2 Å². The van der Waals surface area contributed by atoms with Crippen molar-refractivity contribution < 1.29 is 5.11 Å². The van der Waals surface area contributed by atoms with Crippen LogP contribution in [0.1, 0.15) is 200 Å². The zero-order chi connectivity index (χ0) is 24.1. The Morgan fingerprint density at radius 2 is 0.485 bits per heavy atom. The van der Waals surface area contributed by atoms with Crippen molar-refractivity contribution in [3.8, 4) is 0 Å². The first-order valence-electron chi connectivity index (χ1n) is 16.0. The lowest BCUT2D eigenvalue weighted by molar-refractivity contribution is 0.147. The summed E-state index contributed by atoms with van der Waals surface area (Å²) in [6.07, 6.45) is 40.0. The van der Waals surface area contributed by atoms with Gasteiger partial charge >= 0.3 is 0 Å². The molecule has 1 heteroatoms. The van der Waals surface area contributed by atoms with Gasteiger partial charge in [0.25, 0.3) is 0 Å². The van der Waals surface area contributed by atoms with Gasteiger partial charge in [-0.3, -0.25) is 0 Å². The minimum atomic E-state index is -0.0322. The number of aliphatic hydroxyl groups excluding tert-OH is 1. The predicted octanol–water partition coefficient (Wildman–Crippen LogP) is 11.7. The number of aliphatic hydroxyl groups is 1. The third kappa shape index (κ3) is 29.9. The molecular weight excluding hydrogens is 400 g/mol. The Morgan fingerprint density at radius 1 is 0.303 bits per heavy atom. The van der Waals surface area contributed by atoms with Crippen LogP contribution in [0.25, 0.3) is 0 Å². The van der Waals surface area contributed by atoms with Crippen molar-refractivity contribution in [2.24, 2.45) is 0 Å². The fraction of sp³-hybridized carbons (Fsp3) is 1.00. The van der Waals surface area contributed by atoms with E-state index in [4.69, 9.17) is 0 Å². The first-order chi connectivity index (χ1) is 16.3. The van der Waals surface area contributed by atoms with Crippen molar-refractivity contribution in [3.05, 3.63) is 0 Å². The zero-order valence-electron chi connectivity index (χ0n) is 23.5. The molecular formula is C32H66O. The summed E-state index contributed by atoms with van der Waals surface area (Å²) in [5, 5.41) is 10.2. The summed E-state index contributed by atoms with van der Waals surface area (Å²) in [4.78, 5) is 0. The summed E-state index contributed by atoms with van der Waals surface area (Å²) in [5.41, 5.74) is 0. The van der Waals surface area contributed by atoms with Crippen molar-refractivity contribution in [2.75, 3.05) is 0 Å². The largest absolute Gasteiger partial charge is 0.393 e. The molecule has 0 spiro atoms. The van der Waals surface area contributed by atoms with Gasteiger partial charge in [-0.05, 0) is 12.8 Å². The Morgan fingerprint density at radius 3 is 0.697 bits per heavy atom. The maximum absolute atomic E-state index is 10.2. The van der Waals surface area contributed by atoms with E-state index in [2.05, 4.69) is 13.8 Å². The normalized spacial score (nSPS) is 12.5. The second-order valence-corrected chi connectivity index (χ2v) is 11.1. The van der Waals surface area contributed by atoms with Gasteiger partial charge in [0.15, 0.2) is 0 Å². The van der Waals surface area contributed by atoms with Gasteiger partial charge in [0, 0.05) is 0 Å². The molecule has 0 radical (unpaired) electrons. The van der Waals surface area contributed by atoms with Gasteiger partial charge in [-0.1, -0.05) is 187 Å². The Kier molecular flexibility index (Phi) is 30.0. The van der Waals surface area contributed by atoms with E-state index in [-0.39, 0.29) is 6.10 Å². The topological polar surface area (TPSA) is 20.2 Å². The molecule has 0 heterocycles.